The van der Waals surface area contributed by atoms with Crippen molar-refractivity contribution in [2.45, 2.75) is 52.4 Å². The van der Waals surface area contributed by atoms with E-state index in [-0.39, 0.29) is 22.4 Å². The molecule has 1 aromatic rings. The third-order valence-electron chi connectivity index (χ3n) is 2.70. The number of phenols is 1. The van der Waals surface area contributed by atoms with Gasteiger partial charge in [0.2, 0.25) is 0 Å². The molecule has 0 radical (unpaired) electrons. The molecule has 1 rings (SSSR count). The van der Waals surface area contributed by atoms with Gasteiger partial charge in [-0.1, -0.05) is 41.5 Å². The second-order valence-corrected chi connectivity index (χ2v) is 6.35. The maximum Gasteiger partial charge on any atom is 0.127 e. The van der Waals surface area contributed by atoms with E-state index < -0.39 is 0 Å². The van der Waals surface area contributed by atoms with Gasteiger partial charge in [-0.3, -0.25) is 0 Å². The van der Waals surface area contributed by atoms with Gasteiger partial charge in [0.1, 0.15) is 11.6 Å². The van der Waals surface area contributed by atoms with Crippen molar-refractivity contribution in [2.75, 3.05) is 0 Å². The Morgan fingerprint density at radius 1 is 0.875 bits per heavy atom. The lowest BCUT2D eigenvalue weighted by Crippen LogP contribution is -2.17. The topological polar surface area (TPSA) is 20.2 Å². The van der Waals surface area contributed by atoms with Gasteiger partial charge in [0.25, 0.3) is 0 Å². The summed E-state index contributed by atoms with van der Waals surface area (Å²) in [6.45, 7) is 11.7. The lowest BCUT2D eigenvalue weighted by molar-refractivity contribution is 0.434. The third-order valence-corrected chi connectivity index (χ3v) is 2.70. The predicted molar refractivity (Wildman–Crippen MR) is 65.5 cm³/mol. The van der Waals surface area contributed by atoms with Gasteiger partial charge in [0.05, 0.1) is 0 Å². The van der Waals surface area contributed by atoms with Crippen molar-refractivity contribution in [2.24, 2.45) is 0 Å². The summed E-state index contributed by atoms with van der Waals surface area (Å²) in [5, 5.41) is 9.95. The summed E-state index contributed by atoms with van der Waals surface area (Å²) in [6.07, 6.45) is 0. The summed E-state index contributed by atoms with van der Waals surface area (Å²) < 4.78 is 13.9. The van der Waals surface area contributed by atoms with Gasteiger partial charge >= 0.3 is 0 Å². The van der Waals surface area contributed by atoms with E-state index in [2.05, 4.69) is 0 Å². The highest BCUT2D eigenvalue weighted by atomic mass is 19.1. The molecule has 0 aliphatic rings. The fourth-order valence-electron chi connectivity index (χ4n) is 1.74. The summed E-state index contributed by atoms with van der Waals surface area (Å²) in [7, 11) is 0. The molecular formula is C14H21FO. The van der Waals surface area contributed by atoms with E-state index in [4.69, 9.17) is 0 Å². The zero-order chi connectivity index (χ0) is 12.7. The van der Waals surface area contributed by atoms with E-state index in [1.165, 1.54) is 6.07 Å². The summed E-state index contributed by atoms with van der Waals surface area (Å²) >= 11 is 0. The van der Waals surface area contributed by atoms with Crippen LogP contribution in [0, 0.1) is 5.82 Å². The van der Waals surface area contributed by atoms with E-state index in [0.717, 1.165) is 0 Å². The van der Waals surface area contributed by atoms with Crippen molar-refractivity contribution in [1.82, 2.24) is 0 Å². The quantitative estimate of drug-likeness (QED) is 0.702. The van der Waals surface area contributed by atoms with Crippen molar-refractivity contribution in [1.29, 1.82) is 0 Å². The van der Waals surface area contributed by atoms with Crippen LogP contribution in [-0.4, -0.2) is 5.11 Å². The Balaban J connectivity index is 3.40. The van der Waals surface area contributed by atoms with Crippen molar-refractivity contribution in [3.63, 3.8) is 0 Å². The van der Waals surface area contributed by atoms with Crippen molar-refractivity contribution in [3.05, 3.63) is 29.1 Å². The molecule has 0 spiro atoms. The zero-order valence-corrected chi connectivity index (χ0v) is 11.0. The number of aromatic hydroxyl groups is 1. The van der Waals surface area contributed by atoms with Gasteiger partial charge in [-0.25, -0.2) is 4.39 Å². The smallest absolute Gasteiger partial charge is 0.127 e. The highest BCUT2D eigenvalue weighted by Gasteiger charge is 2.24. The molecule has 0 atom stereocenters. The molecule has 1 N–H and O–H groups in total. The Morgan fingerprint density at radius 3 is 1.69 bits per heavy atom. The Kier molecular flexibility index (Phi) is 3.06. The van der Waals surface area contributed by atoms with Crippen LogP contribution in [0.3, 0.4) is 0 Å². The minimum atomic E-state index is -0.294. The monoisotopic (exact) mass is 224 g/mol. The van der Waals surface area contributed by atoms with Crippen LogP contribution in [0.1, 0.15) is 52.7 Å². The van der Waals surface area contributed by atoms with Crippen LogP contribution in [-0.2, 0) is 10.8 Å². The normalized spacial score (nSPS) is 12.9. The second kappa shape index (κ2) is 3.76. The Morgan fingerprint density at radius 2 is 1.31 bits per heavy atom. The maximum absolute atomic E-state index is 13.9. The minimum Gasteiger partial charge on any atom is -0.508 e. The van der Waals surface area contributed by atoms with Crippen LogP contribution in [0.2, 0.25) is 0 Å². The van der Waals surface area contributed by atoms with Crippen LogP contribution in [0.15, 0.2) is 12.1 Å². The van der Waals surface area contributed by atoms with E-state index in [1.807, 2.05) is 41.5 Å². The molecule has 0 bridgehead atoms. The molecule has 0 heterocycles. The molecule has 0 amide bonds. The largest absolute Gasteiger partial charge is 0.508 e. The Bertz CT molecular complexity index is 355. The number of benzene rings is 1. The van der Waals surface area contributed by atoms with E-state index >= 15 is 0 Å². The van der Waals surface area contributed by atoms with Crippen LogP contribution < -0.4 is 0 Å². The van der Waals surface area contributed by atoms with Crippen LogP contribution >= 0.6 is 0 Å². The van der Waals surface area contributed by atoms with Crippen molar-refractivity contribution < 1.29 is 9.50 Å². The molecule has 0 unspecified atom stereocenters. The minimum absolute atomic E-state index is 0.179. The lowest BCUT2D eigenvalue weighted by Gasteiger charge is -2.25. The summed E-state index contributed by atoms with van der Waals surface area (Å²) in [5.74, 6) is -0.0611. The van der Waals surface area contributed by atoms with E-state index in [0.29, 0.717) is 11.1 Å². The number of hydrogen-bond donors (Lipinski definition) is 1. The van der Waals surface area contributed by atoms with Gasteiger partial charge in [0, 0.05) is 5.56 Å². The third kappa shape index (κ3) is 2.55. The molecule has 0 aliphatic carbocycles. The van der Waals surface area contributed by atoms with Crippen LogP contribution in [0.4, 0.5) is 4.39 Å². The first-order valence-electron chi connectivity index (χ1n) is 5.57. The first-order valence-corrected chi connectivity index (χ1v) is 5.57. The maximum atomic E-state index is 13.9. The molecule has 0 aromatic heterocycles. The Labute approximate surface area is 97.3 Å². The van der Waals surface area contributed by atoms with Crippen molar-refractivity contribution >= 4 is 0 Å². The molecule has 16 heavy (non-hydrogen) atoms. The molecule has 0 saturated carbocycles. The summed E-state index contributed by atoms with van der Waals surface area (Å²) in [6, 6.07) is 3.01. The second-order valence-electron chi connectivity index (χ2n) is 6.35. The molecule has 0 fully saturated rings. The van der Waals surface area contributed by atoms with Crippen LogP contribution in [0.25, 0.3) is 0 Å². The first-order chi connectivity index (χ1) is 7.03. The molecule has 1 aromatic carbocycles. The summed E-state index contributed by atoms with van der Waals surface area (Å²) in [5.41, 5.74) is 0.662. The zero-order valence-electron chi connectivity index (χ0n) is 11.0. The SMILES string of the molecule is CC(C)(C)c1cc(F)c(C(C)(C)C)cc1O. The van der Waals surface area contributed by atoms with Gasteiger partial charge in [-0.2, -0.15) is 0 Å². The molecule has 90 valence electrons. The number of hydrogen-bond acceptors (Lipinski definition) is 1. The first kappa shape index (κ1) is 13.0. The molecular weight excluding hydrogens is 203 g/mol. The van der Waals surface area contributed by atoms with Gasteiger partial charge in [-0.05, 0) is 28.5 Å². The fraction of sp³-hybridized carbons (Fsp3) is 0.571. The van der Waals surface area contributed by atoms with Gasteiger partial charge in [-0.15, -0.1) is 0 Å². The molecule has 0 aliphatic heterocycles. The highest BCUT2D eigenvalue weighted by Crippen LogP contribution is 2.36. The van der Waals surface area contributed by atoms with E-state index in [1.54, 1.807) is 6.07 Å². The lowest BCUT2D eigenvalue weighted by atomic mass is 9.81. The molecule has 1 nitrogen and oxygen atoms in total. The Hall–Kier alpha value is -1.05. The van der Waals surface area contributed by atoms with Crippen molar-refractivity contribution in [3.8, 4) is 5.75 Å². The predicted octanol–water partition coefficient (Wildman–Crippen LogP) is 4.13. The van der Waals surface area contributed by atoms with Gasteiger partial charge < -0.3 is 5.11 Å². The van der Waals surface area contributed by atoms with Gasteiger partial charge in [0.15, 0.2) is 0 Å². The number of phenolic OH excluding ortho intramolecular Hbond substituents is 1. The van der Waals surface area contributed by atoms with Crippen LogP contribution in [0.5, 0.6) is 5.75 Å². The number of halogens is 1. The standard InChI is InChI=1S/C14H21FO/c1-13(2,3)9-8-12(16)10(7-11(9)15)14(4,5)6/h7-8,16H,1-6H3. The average Bonchev–Trinajstić information content (AvgIpc) is 2.04. The fourth-order valence-corrected chi connectivity index (χ4v) is 1.74. The average molecular weight is 224 g/mol. The molecule has 0 saturated heterocycles. The summed E-state index contributed by atoms with van der Waals surface area (Å²) in [4.78, 5) is 0. The highest BCUT2D eigenvalue weighted by molar-refractivity contribution is 5.43. The molecule has 2 heteroatoms. The number of rotatable bonds is 0. The van der Waals surface area contributed by atoms with E-state index in [9.17, 15) is 9.50 Å².